The van der Waals surface area contributed by atoms with E-state index < -0.39 is 5.54 Å². The molecule has 3 amide bonds. The Morgan fingerprint density at radius 2 is 1.87 bits per heavy atom. The summed E-state index contributed by atoms with van der Waals surface area (Å²) in [4.78, 5) is 41.1. The zero-order valence-corrected chi connectivity index (χ0v) is 17.6. The Labute approximate surface area is 175 Å². The maximum atomic E-state index is 13.1. The molecule has 0 atom stereocenters. The topological polar surface area (TPSA) is 91.0 Å². The van der Waals surface area contributed by atoms with Crippen molar-refractivity contribution in [2.75, 3.05) is 42.8 Å². The Hall–Kier alpha value is -3.39. The van der Waals surface area contributed by atoms with Crippen molar-refractivity contribution < 1.29 is 19.1 Å². The summed E-state index contributed by atoms with van der Waals surface area (Å²) >= 11 is 0. The molecule has 1 aliphatic heterocycles. The standard InChI is InChI=1S/C22H26N4O4/c1-22(2)21(29)24-17-10-5-6-11-18(17)26(22)20(28)14-25(3)13-19(27)23-15-8-7-9-16(12-15)30-4/h5-12H,13-14H2,1-4H3,(H,23,27)(H,24,29). The summed E-state index contributed by atoms with van der Waals surface area (Å²) in [6.45, 7) is 3.40. The third-order valence-electron chi connectivity index (χ3n) is 4.93. The quantitative estimate of drug-likeness (QED) is 0.763. The third-order valence-corrected chi connectivity index (χ3v) is 4.93. The SMILES string of the molecule is COc1cccc(NC(=O)CN(C)CC(=O)N2c3ccccc3NC(=O)C2(C)C)c1. The molecule has 8 nitrogen and oxygen atoms in total. The molecule has 0 aliphatic carbocycles. The first-order valence-electron chi connectivity index (χ1n) is 9.58. The summed E-state index contributed by atoms with van der Waals surface area (Å²) < 4.78 is 5.15. The lowest BCUT2D eigenvalue weighted by molar-refractivity contribution is -0.127. The number of carbonyl (C=O) groups is 3. The first-order valence-corrected chi connectivity index (χ1v) is 9.58. The van der Waals surface area contributed by atoms with Crippen LogP contribution in [-0.2, 0) is 14.4 Å². The smallest absolute Gasteiger partial charge is 0.250 e. The molecule has 8 heteroatoms. The molecule has 1 heterocycles. The highest BCUT2D eigenvalue weighted by molar-refractivity contribution is 6.14. The minimum absolute atomic E-state index is 0.0173. The van der Waals surface area contributed by atoms with Crippen LogP contribution in [0.1, 0.15) is 13.8 Å². The second-order valence-electron chi connectivity index (χ2n) is 7.71. The average molecular weight is 410 g/mol. The molecule has 0 aromatic heterocycles. The van der Waals surface area contributed by atoms with Gasteiger partial charge >= 0.3 is 0 Å². The fourth-order valence-corrected chi connectivity index (χ4v) is 3.40. The number of para-hydroxylation sites is 2. The van der Waals surface area contributed by atoms with Gasteiger partial charge in [-0.15, -0.1) is 0 Å². The predicted octanol–water partition coefficient (Wildman–Crippen LogP) is 2.33. The highest BCUT2D eigenvalue weighted by Gasteiger charge is 2.43. The van der Waals surface area contributed by atoms with Gasteiger partial charge in [0.1, 0.15) is 11.3 Å². The number of methoxy groups -OCH3 is 1. The lowest BCUT2D eigenvalue weighted by atomic mass is 9.96. The molecule has 2 N–H and O–H groups in total. The van der Waals surface area contributed by atoms with E-state index in [4.69, 9.17) is 4.74 Å². The Kier molecular flexibility index (Phi) is 6.07. The molecule has 0 bridgehead atoms. The number of anilines is 3. The van der Waals surface area contributed by atoms with E-state index in [-0.39, 0.29) is 30.8 Å². The molecule has 158 valence electrons. The first kappa shape index (κ1) is 21.3. The molecule has 2 aromatic rings. The van der Waals surface area contributed by atoms with Crippen LogP contribution in [0.4, 0.5) is 17.1 Å². The van der Waals surface area contributed by atoms with Crippen LogP contribution in [0.5, 0.6) is 5.75 Å². The highest BCUT2D eigenvalue weighted by Crippen LogP contribution is 2.36. The van der Waals surface area contributed by atoms with E-state index in [1.165, 1.54) is 4.90 Å². The number of fused-ring (bicyclic) bond motifs is 1. The number of likely N-dealkylation sites (N-methyl/N-ethyl adjacent to an activating group) is 1. The van der Waals surface area contributed by atoms with Crippen molar-refractivity contribution >= 4 is 34.8 Å². The predicted molar refractivity (Wildman–Crippen MR) is 116 cm³/mol. The molecule has 0 unspecified atom stereocenters. The van der Waals surface area contributed by atoms with Gasteiger partial charge in [0.05, 0.1) is 31.6 Å². The van der Waals surface area contributed by atoms with Crippen molar-refractivity contribution in [3.8, 4) is 5.75 Å². The number of hydrogen-bond donors (Lipinski definition) is 2. The van der Waals surface area contributed by atoms with Crippen molar-refractivity contribution in [3.05, 3.63) is 48.5 Å². The molecule has 0 radical (unpaired) electrons. The van der Waals surface area contributed by atoms with E-state index in [9.17, 15) is 14.4 Å². The van der Waals surface area contributed by atoms with E-state index in [0.29, 0.717) is 22.8 Å². The van der Waals surface area contributed by atoms with Gasteiger partial charge in [0.15, 0.2) is 0 Å². The Morgan fingerprint density at radius 3 is 2.60 bits per heavy atom. The number of nitrogens with zero attached hydrogens (tertiary/aromatic N) is 2. The van der Waals surface area contributed by atoms with Crippen LogP contribution in [0, 0.1) is 0 Å². The molecule has 0 spiro atoms. The van der Waals surface area contributed by atoms with E-state index in [0.717, 1.165) is 0 Å². The van der Waals surface area contributed by atoms with Gasteiger partial charge < -0.3 is 15.4 Å². The monoisotopic (exact) mass is 410 g/mol. The largest absolute Gasteiger partial charge is 0.497 e. The summed E-state index contributed by atoms with van der Waals surface area (Å²) in [5.41, 5.74) is 0.798. The van der Waals surface area contributed by atoms with Crippen LogP contribution >= 0.6 is 0 Å². The summed E-state index contributed by atoms with van der Waals surface area (Å²) in [5.74, 6) is -0.137. The Balaban J connectivity index is 1.67. The minimum Gasteiger partial charge on any atom is -0.497 e. The molecular weight excluding hydrogens is 384 g/mol. The Bertz CT molecular complexity index is 973. The maximum absolute atomic E-state index is 13.1. The van der Waals surface area contributed by atoms with Crippen LogP contribution in [0.15, 0.2) is 48.5 Å². The zero-order chi connectivity index (χ0) is 21.9. The van der Waals surface area contributed by atoms with Gasteiger partial charge in [-0.25, -0.2) is 0 Å². The van der Waals surface area contributed by atoms with E-state index in [2.05, 4.69) is 10.6 Å². The molecule has 2 aromatic carbocycles. The van der Waals surface area contributed by atoms with Crippen molar-refractivity contribution in [1.82, 2.24) is 4.90 Å². The number of rotatable bonds is 6. The molecule has 3 rings (SSSR count). The Morgan fingerprint density at radius 1 is 1.13 bits per heavy atom. The van der Waals surface area contributed by atoms with E-state index >= 15 is 0 Å². The van der Waals surface area contributed by atoms with Crippen molar-refractivity contribution in [2.24, 2.45) is 0 Å². The molecule has 0 fully saturated rings. The lowest BCUT2D eigenvalue weighted by Gasteiger charge is -2.42. The number of amides is 3. The number of ether oxygens (including phenoxy) is 1. The van der Waals surface area contributed by atoms with Gasteiger partial charge in [0, 0.05) is 11.8 Å². The fraction of sp³-hybridized carbons (Fsp3) is 0.318. The van der Waals surface area contributed by atoms with Crippen LogP contribution < -0.4 is 20.3 Å². The summed E-state index contributed by atoms with van der Waals surface area (Å²) in [6, 6.07) is 14.2. The maximum Gasteiger partial charge on any atom is 0.250 e. The van der Waals surface area contributed by atoms with Crippen molar-refractivity contribution in [1.29, 1.82) is 0 Å². The normalized spacial score (nSPS) is 14.7. The van der Waals surface area contributed by atoms with Crippen LogP contribution in [0.2, 0.25) is 0 Å². The zero-order valence-electron chi connectivity index (χ0n) is 17.6. The fourth-order valence-electron chi connectivity index (χ4n) is 3.40. The summed E-state index contributed by atoms with van der Waals surface area (Å²) in [7, 11) is 3.24. The molecular formula is C22H26N4O4. The second kappa shape index (κ2) is 8.54. The van der Waals surface area contributed by atoms with Crippen molar-refractivity contribution in [2.45, 2.75) is 19.4 Å². The van der Waals surface area contributed by atoms with E-state index in [1.54, 1.807) is 75.4 Å². The average Bonchev–Trinajstić information content (AvgIpc) is 2.68. The van der Waals surface area contributed by atoms with Crippen LogP contribution in [0.3, 0.4) is 0 Å². The number of carbonyl (C=O) groups excluding carboxylic acids is 3. The highest BCUT2D eigenvalue weighted by atomic mass is 16.5. The number of nitrogens with one attached hydrogen (secondary N) is 2. The van der Waals surface area contributed by atoms with Gasteiger partial charge in [-0.2, -0.15) is 0 Å². The summed E-state index contributed by atoms with van der Waals surface area (Å²) in [6.07, 6.45) is 0. The van der Waals surface area contributed by atoms with Gasteiger partial charge in [-0.3, -0.25) is 24.2 Å². The number of benzene rings is 2. The van der Waals surface area contributed by atoms with E-state index in [1.807, 2.05) is 6.07 Å². The van der Waals surface area contributed by atoms with Gasteiger partial charge in [-0.05, 0) is 45.2 Å². The third kappa shape index (κ3) is 4.44. The second-order valence-corrected chi connectivity index (χ2v) is 7.71. The van der Waals surface area contributed by atoms with Gasteiger partial charge in [0.25, 0.3) is 0 Å². The first-order chi connectivity index (χ1) is 14.2. The van der Waals surface area contributed by atoms with Gasteiger partial charge in [0.2, 0.25) is 17.7 Å². The van der Waals surface area contributed by atoms with Gasteiger partial charge in [-0.1, -0.05) is 18.2 Å². The number of hydrogen-bond acceptors (Lipinski definition) is 5. The van der Waals surface area contributed by atoms with Crippen LogP contribution in [0.25, 0.3) is 0 Å². The summed E-state index contributed by atoms with van der Waals surface area (Å²) in [5, 5.41) is 5.63. The van der Waals surface area contributed by atoms with Crippen molar-refractivity contribution in [3.63, 3.8) is 0 Å². The van der Waals surface area contributed by atoms with Crippen LogP contribution in [-0.4, -0.2) is 55.4 Å². The molecule has 0 saturated heterocycles. The molecule has 30 heavy (non-hydrogen) atoms. The minimum atomic E-state index is -1.05. The molecule has 0 saturated carbocycles. The molecule has 1 aliphatic rings. The lowest BCUT2D eigenvalue weighted by Crippen LogP contribution is -2.60.